The molecule has 2 aromatic rings. The Kier molecular flexibility index (Phi) is 5.04. The number of carbonyl (C=O) groups excluding carboxylic acids is 1. The second-order valence-corrected chi connectivity index (χ2v) is 5.31. The Morgan fingerprint density at radius 2 is 1.81 bits per heavy atom. The molecule has 2 rings (SSSR count). The summed E-state index contributed by atoms with van der Waals surface area (Å²) >= 11 is 11.7. The normalized spacial score (nSPS) is 10.4. The minimum Gasteiger partial charge on any atom is -0.399 e. The van der Waals surface area contributed by atoms with Gasteiger partial charge in [0.1, 0.15) is 5.82 Å². The number of anilines is 2. The lowest BCUT2D eigenvalue weighted by Gasteiger charge is -2.10. The lowest BCUT2D eigenvalue weighted by molar-refractivity contribution is -0.116. The first-order valence-electron chi connectivity index (χ1n) is 6.25. The first-order chi connectivity index (χ1) is 9.97. The van der Waals surface area contributed by atoms with E-state index < -0.39 is 5.82 Å². The number of rotatable bonds is 4. The lowest BCUT2D eigenvalue weighted by Crippen LogP contribution is -2.13. The predicted molar refractivity (Wildman–Crippen MR) is 84.2 cm³/mol. The van der Waals surface area contributed by atoms with Crippen LogP contribution in [0.25, 0.3) is 0 Å². The summed E-state index contributed by atoms with van der Waals surface area (Å²) in [6, 6.07) is 9.52. The monoisotopic (exact) mass is 326 g/mol. The summed E-state index contributed by atoms with van der Waals surface area (Å²) in [5.41, 5.74) is 7.56. The summed E-state index contributed by atoms with van der Waals surface area (Å²) in [4.78, 5) is 11.9. The molecule has 3 N–H and O–H groups in total. The lowest BCUT2D eigenvalue weighted by atomic mass is 10.1. The molecule has 0 aliphatic rings. The summed E-state index contributed by atoms with van der Waals surface area (Å²) in [5, 5.41) is 2.71. The SMILES string of the molecule is Nc1ccccc1CCC(=O)Nc1c(Cl)cc(F)cc1Cl. The minimum atomic E-state index is -0.556. The topological polar surface area (TPSA) is 55.1 Å². The van der Waals surface area contributed by atoms with E-state index in [2.05, 4.69) is 5.32 Å². The molecule has 0 aliphatic carbocycles. The van der Waals surface area contributed by atoms with Crippen molar-refractivity contribution in [3.8, 4) is 0 Å². The van der Waals surface area contributed by atoms with Gasteiger partial charge in [0.2, 0.25) is 5.91 Å². The molecular weight excluding hydrogens is 314 g/mol. The third-order valence-corrected chi connectivity index (χ3v) is 3.54. The number of aryl methyl sites for hydroxylation is 1. The van der Waals surface area contributed by atoms with Crippen molar-refractivity contribution in [2.24, 2.45) is 0 Å². The van der Waals surface area contributed by atoms with E-state index in [0.717, 1.165) is 17.7 Å². The molecule has 0 saturated carbocycles. The van der Waals surface area contributed by atoms with Crippen molar-refractivity contribution < 1.29 is 9.18 Å². The molecule has 3 nitrogen and oxygen atoms in total. The summed E-state index contributed by atoms with van der Waals surface area (Å²) in [6.07, 6.45) is 0.715. The number of halogens is 3. The highest BCUT2D eigenvalue weighted by atomic mass is 35.5. The van der Waals surface area contributed by atoms with E-state index in [-0.39, 0.29) is 28.1 Å². The van der Waals surface area contributed by atoms with Crippen LogP contribution >= 0.6 is 23.2 Å². The molecule has 21 heavy (non-hydrogen) atoms. The van der Waals surface area contributed by atoms with Gasteiger partial charge in [-0.1, -0.05) is 41.4 Å². The fraction of sp³-hybridized carbons (Fsp3) is 0.133. The number of carbonyl (C=O) groups is 1. The van der Waals surface area contributed by atoms with Crippen LogP contribution in [0, 0.1) is 5.82 Å². The molecule has 0 radical (unpaired) electrons. The molecule has 0 unspecified atom stereocenters. The average Bonchev–Trinajstić information content (AvgIpc) is 2.42. The van der Waals surface area contributed by atoms with Crippen molar-refractivity contribution in [1.29, 1.82) is 0 Å². The van der Waals surface area contributed by atoms with E-state index in [1.54, 1.807) is 6.07 Å². The molecular formula is C15H13Cl2FN2O. The largest absolute Gasteiger partial charge is 0.399 e. The molecule has 6 heteroatoms. The van der Waals surface area contributed by atoms with E-state index >= 15 is 0 Å². The Hall–Kier alpha value is -1.78. The number of nitrogen functional groups attached to an aromatic ring is 1. The number of hydrogen-bond donors (Lipinski definition) is 2. The summed E-state index contributed by atoms with van der Waals surface area (Å²) in [5.74, 6) is -0.825. The van der Waals surface area contributed by atoms with Crippen molar-refractivity contribution in [3.05, 3.63) is 57.8 Å². The van der Waals surface area contributed by atoms with Crippen molar-refractivity contribution in [1.82, 2.24) is 0 Å². The maximum atomic E-state index is 13.1. The van der Waals surface area contributed by atoms with Crippen LogP contribution in [0.2, 0.25) is 10.0 Å². The number of benzene rings is 2. The van der Waals surface area contributed by atoms with Gasteiger partial charge in [-0.15, -0.1) is 0 Å². The molecule has 0 fully saturated rings. The van der Waals surface area contributed by atoms with Crippen molar-refractivity contribution in [2.75, 3.05) is 11.1 Å². The van der Waals surface area contributed by atoms with Gasteiger partial charge in [0, 0.05) is 12.1 Å². The Bertz CT molecular complexity index is 653. The second-order valence-electron chi connectivity index (χ2n) is 4.49. The minimum absolute atomic E-state index is 0.0626. The van der Waals surface area contributed by atoms with Crippen molar-refractivity contribution in [3.63, 3.8) is 0 Å². The highest BCUT2D eigenvalue weighted by molar-refractivity contribution is 6.39. The Morgan fingerprint density at radius 1 is 1.19 bits per heavy atom. The zero-order chi connectivity index (χ0) is 15.4. The van der Waals surface area contributed by atoms with Gasteiger partial charge in [0.15, 0.2) is 0 Å². The molecule has 0 saturated heterocycles. The van der Waals surface area contributed by atoms with Crippen LogP contribution in [0.4, 0.5) is 15.8 Å². The van der Waals surface area contributed by atoms with Gasteiger partial charge in [-0.25, -0.2) is 4.39 Å². The zero-order valence-electron chi connectivity index (χ0n) is 11.0. The molecule has 0 bridgehead atoms. The molecule has 0 aromatic heterocycles. The summed E-state index contributed by atoms with van der Waals surface area (Å²) in [7, 11) is 0. The molecule has 0 spiro atoms. The first kappa shape index (κ1) is 15.6. The van der Waals surface area contributed by atoms with Crippen LogP contribution in [0.15, 0.2) is 36.4 Å². The first-order valence-corrected chi connectivity index (χ1v) is 7.00. The molecule has 0 aliphatic heterocycles. The van der Waals surface area contributed by atoms with Crippen molar-refractivity contribution >= 4 is 40.5 Å². The second kappa shape index (κ2) is 6.78. The average molecular weight is 327 g/mol. The summed E-state index contributed by atoms with van der Waals surface area (Å²) in [6.45, 7) is 0. The van der Waals surface area contributed by atoms with Crippen molar-refractivity contribution in [2.45, 2.75) is 12.8 Å². The Morgan fingerprint density at radius 3 is 2.43 bits per heavy atom. The summed E-state index contributed by atoms with van der Waals surface area (Å²) < 4.78 is 13.1. The maximum absolute atomic E-state index is 13.1. The Labute approximate surface area is 131 Å². The van der Waals surface area contributed by atoms with Crippen LogP contribution in [0.1, 0.15) is 12.0 Å². The molecule has 110 valence electrons. The third-order valence-electron chi connectivity index (χ3n) is 2.95. The predicted octanol–water partition coefficient (Wildman–Crippen LogP) is 4.29. The highest BCUT2D eigenvalue weighted by Gasteiger charge is 2.12. The Balaban J connectivity index is 2.01. The standard InChI is InChI=1S/C15H13Cl2FN2O/c16-11-7-10(18)8-12(17)15(11)20-14(21)6-5-9-3-1-2-4-13(9)19/h1-4,7-8H,5-6,19H2,(H,20,21). The fourth-order valence-corrected chi connectivity index (χ4v) is 2.43. The van der Waals surface area contributed by atoms with Gasteiger partial charge in [-0.2, -0.15) is 0 Å². The van der Waals surface area contributed by atoms with E-state index in [9.17, 15) is 9.18 Å². The molecule has 0 heterocycles. The van der Waals surface area contributed by atoms with Gasteiger partial charge in [-0.3, -0.25) is 4.79 Å². The number of amides is 1. The zero-order valence-corrected chi connectivity index (χ0v) is 12.5. The van der Waals surface area contributed by atoms with Crippen LogP contribution < -0.4 is 11.1 Å². The van der Waals surface area contributed by atoms with Crippen LogP contribution in [0.5, 0.6) is 0 Å². The fourth-order valence-electron chi connectivity index (χ4n) is 1.87. The van der Waals surface area contributed by atoms with Crippen LogP contribution in [-0.4, -0.2) is 5.91 Å². The molecule has 1 amide bonds. The van der Waals surface area contributed by atoms with E-state index in [1.807, 2.05) is 18.2 Å². The van der Waals surface area contributed by atoms with Crippen LogP contribution in [-0.2, 0) is 11.2 Å². The van der Waals surface area contributed by atoms with E-state index in [1.165, 1.54) is 0 Å². The molecule has 2 aromatic carbocycles. The third kappa shape index (κ3) is 4.09. The number of para-hydroxylation sites is 1. The molecule has 0 atom stereocenters. The van der Waals surface area contributed by atoms with Gasteiger partial charge < -0.3 is 11.1 Å². The number of hydrogen-bond acceptors (Lipinski definition) is 2. The van der Waals surface area contributed by atoms with E-state index in [0.29, 0.717) is 12.1 Å². The van der Waals surface area contributed by atoms with Gasteiger partial charge in [0.05, 0.1) is 15.7 Å². The smallest absolute Gasteiger partial charge is 0.224 e. The van der Waals surface area contributed by atoms with Gasteiger partial charge in [-0.05, 0) is 30.2 Å². The number of nitrogens with two attached hydrogens (primary N) is 1. The van der Waals surface area contributed by atoms with Crippen LogP contribution in [0.3, 0.4) is 0 Å². The van der Waals surface area contributed by atoms with Gasteiger partial charge >= 0.3 is 0 Å². The van der Waals surface area contributed by atoms with E-state index in [4.69, 9.17) is 28.9 Å². The van der Waals surface area contributed by atoms with Gasteiger partial charge in [0.25, 0.3) is 0 Å². The highest BCUT2D eigenvalue weighted by Crippen LogP contribution is 2.31. The quantitative estimate of drug-likeness (QED) is 0.823. The maximum Gasteiger partial charge on any atom is 0.224 e. The number of nitrogens with one attached hydrogen (secondary N) is 1.